The van der Waals surface area contributed by atoms with E-state index in [-0.39, 0.29) is 11.8 Å². The van der Waals surface area contributed by atoms with Crippen LogP contribution >= 0.6 is 0 Å². The van der Waals surface area contributed by atoms with E-state index in [9.17, 15) is 4.79 Å². The Bertz CT molecular complexity index is 916. The largest absolute Gasteiger partial charge is 0.497 e. The second-order valence-corrected chi connectivity index (χ2v) is 9.57. The molecule has 1 aliphatic carbocycles. The number of piperidine rings is 1. The fraction of sp³-hybridized carbons (Fsp3) is 0.640. The molecule has 2 aromatic rings. The number of rotatable bonds is 5. The molecule has 0 spiro atoms. The summed E-state index contributed by atoms with van der Waals surface area (Å²) in [7, 11) is 1.65. The highest BCUT2D eigenvalue weighted by Crippen LogP contribution is 2.28. The predicted octanol–water partition coefficient (Wildman–Crippen LogP) is 3.44. The molecule has 3 heterocycles. The van der Waals surface area contributed by atoms with Crippen molar-refractivity contribution in [1.82, 2.24) is 19.9 Å². The number of benzene rings is 1. The summed E-state index contributed by atoms with van der Waals surface area (Å²) in [6.45, 7) is 5.22. The van der Waals surface area contributed by atoms with E-state index in [2.05, 4.69) is 24.8 Å². The minimum Gasteiger partial charge on any atom is -0.497 e. The quantitative estimate of drug-likeness (QED) is 0.686. The zero-order valence-corrected chi connectivity index (χ0v) is 19.6. The average Bonchev–Trinajstić information content (AvgIpc) is 3.39. The summed E-state index contributed by atoms with van der Waals surface area (Å²) in [6, 6.07) is 8.84. The topological polar surface area (TPSA) is 74.9 Å². The van der Waals surface area contributed by atoms with Crippen LogP contribution in [0.15, 0.2) is 28.8 Å². The van der Waals surface area contributed by atoms with Crippen LogP contribution in [0.3, 0.4) is 0 Å². The zero-order valence-electron chi connectivity index (χ0n) is 19.6. The Kier molecular flexibility index (Phi) is 6.80. The maximum Gasteiger partial charge on any atom is 0.324 e. The van der Waals surface area contributed by atoms with E-state index in [1.165, 1.54) is 32.1 Å². The highest BCUT2D eigenvalue weighted by molar-refractivity contribution is 5.79. The van der Waals surface area contributed by atoms with Crippen molar-refractivity contribution >= 4 is 11.9 Å². The van der Waals surface area contributed by atoms with Crippen molar-refractivity contribution in [2.75, 3.05) is 51.3 Å². The van der Waals surface area contributed by atoms with E-state index in [0.717, 1.165) is 62.9 Å². The van der Waals surface area contributed by atoms with Gasteiger partial charge in [-0.1, -0.05) is 24.4 Å². The van der Waals surface area contributed by atoms with Gasteiger partial charge in [-0.25, -0.2) is 0 Å². The Morgan fingerprint density at radius 2 is 1.73 bits per heavy atom. The van der Waals surface area contributed by atoms with Gasteiger partial charge >= 0.3 is 6.01 Å². The maximum absolute atomic E-state index is 13.3. The van der Waals surface area contributed by atoms with Crippen molar-refractivity contribution in [3.8, 4) is 17.1 Å². The Balaban J connectivity index is 1.17. The summed E-state index contributed by atoms with van der Waals surface area (Å²) in [6.07, 6.45) is 8.64. The summed E-state index contributed by atoms with van der Waals surface area (Å²) in [5.74, 6) is 1.63. The molecule has 3 aliphatic rings. The molecule has 8 nitrogen and oxygen atoms in total. The van der Waals surface area contributed by atoms with Crippen LogP contribution in [0, 0.1) is 5.92 Å². The second kappa shape index (κ2) is 10.1. The average molecular weight is 454 g/mol. The molecular formula is C25H35N5O3. The standard InChI is InChI=1S/C25H35N5O3/c1-32-22-11-9-19(10-12-22)23-26-25(33-27-23)30-13-5-6-20(18-30)24(31)29-16-14-28(15-17-29)21-7-3-2-4-8-21/h9-12,20-21H,2-8,13-18H2,1H3/t20-/m1/s1. The highest BCUT2D eigenvalue weighted by Gasteiger charge is 2.34. The number of carbonyl (C=O) groups excluding carboxylic acids is 1. The lowest BCUT2D eigenvalue weighted by Crippen LogP contribution is -2.54. The van der Waals surface area contributed by atoms with Crippen LogP contribution < -0.4 is 9.64 Å². The van der Waals surface area contributed by atoms with Crippen LogP contribution in [-0.2, 0) is 4.79 Å². The smallest absolute Gasteiger partial charge is 0.324 e. The molecule has 3 fully saturated rings. The van der Waals surface area contributed by atoms with Gasteiger partial charge in [0.05, 0.1) is 13.0 Å². The maximum atomic E-state index is 13.3. The summed E-state index contributed by atoms with van der Waals surface area (Å²) in [5.41, 5.74) is 0.881. The molecule has 8 heteroatoms. The number of methoxy groups -OCH3 is 1. The number of anilines is 1. The van der Waals surface area contributed by atoms with Crippen molar-refractivity contribution in [3.63, 3.8) is 0 Å². The Hall–Kier alpha value is -2.61. The third-order valence-electron chi connectivity index (χ3n) is 7.52. The Morgan fingerprint density at radius 3 is 2.45 bits per heavy atom. The minimum absolute atomic E-state index is 0.00341. The lowest BCUT2D eigenvalue weighted by Gasteiger charge is -2.42. The van der Waals surface area contributed by atoms with Gasteiger partial charge in [-0.05, 0) is 49.9 Å². The third-order valence-corrected chi connectivity index (χ3v) is 7.52. The molecule has 5 rings (SSSR count). The molecule has 1 saturated carbocycles. The summed E-state index contributed by atoms with van der Waals surface area (Å²) in [5, 5.41) is 4.16. The van der Waals surface area contributed by atoms with Crippen LogP contribution in [0.2, 0.25) is 0 Å². The Morgan fingerprint density at radius 1 is 0.970 bits per heavy atom. The van der Waals surface area contributed by atoms with Crippen molar-refractivity contribution < 1.29 is 14.1 Å². The van der Waals surface area contributed by atoms with Gasteiger partial charge in [-0.2, -0.15) is 4.98 Å². The molecule has 2 saturated heterocycles. The van der Waals surface area contributed by atoms with Crippen LogP contribution in [0.25, 0.3) is 11.4 Å². The third kappa shape index (κ3) is 5.00. The number of carbonyl (C=O) groups is 1. The SMILES string of the molecule is COc1ccc(-c2noc(N3CCC[C@@H](C(=O)N4CCN(C5CCCCC5)CC4)C3)n2)cc1. The lowest BCUT2D eigenvalue weighted by atomic mass is 9.93. The van der Waals surface area contributed by atoms with Gasteiger partial charge in [0.15, 0.2) is 0 Å². The van der Waals surface area contributed by atoms with Crippen LogP contribution in [0.1, 0.15) is 44.9 Å². The number of piperazine rings is 1. The molecule has 1 aromatic heterocycles. The van der Waals surface area contributed by atoms with Crippen molar-refractivity contribution in [3.05, 3.63) is 24.3 Å². The van der Waals surface area contributed by atoms with Crippen molar-refractivity contribution in [2.45, 2.75) is 51.0 Å². The van der Waals surface area contributed by atoms with E-state index in [1.807, 2.05) is 24.3 Å². The van der Waals surface area contributed by atoms with Gasteiger partial charge in [0.2, 0.25) is 11.7 Å². The van der Waals surface area contributed by atoms with Gasteiger partial charge < -0.3 is 19.1 Å². The Labute approximate surface area is 195 Å². The fourth-order valence-electron chi connectivity index (χ4n) is 5.57. The highest BCUT2D eigenvalue weighted by atomic mass is 16.5. The molecule has 0 radical (unpaired) electrons. The first-order chi connectivity index (χ1) is 16.2. The lowest BCUT2D eigenvalue weighted by molar-refractivity contribution is -0.138. The molecule has 33 heavy (non-hydrogen) atoms. The number of ether oxygens (including phenoxy) is 1. The monoisotopic (exact) mass is 453 g/mol. The van der Waals surface area contributed by atoms with Gasteiger partial charge in [0.25, 0.3) is 0 Å². The molecule has 1 aromatic carbocycles. The van der Waals surface area contributed by atoms with E-state index in [4.69, 9.17) is 9.26 Å². The van der Waals surface area contributed by atoms with E-state index in [0.29, 0.717) is 18.4 Å². The van der Waals surface area contributed by atoms with Crippen LogP contribution in [0.5, 0.6) is 5.75 Å². The van der Waals surface area contributed by atoms with Gasteiger partial charge in [-0.3, -0.25) is 9.69 Å². The van der Waals surface area contributed by atoms with E-state index in [1.54, 1.807) is 7.11 Å². The number of hydrogen-bond donors (Lipinski definition) is 0. The molecular weight excluding hydrogens is 418 g/mol. The molecule has 1 amide bonds. The first-order valence-corrected chi connectivity index (χ1v) is 12.5. The number of aromatic nitrogens is 2. The second-order valence-electron chi connectivity index (χ2n) is 9.57. The summed E-state index contributed by atoms with van der Waals surface area (Å²) >= 11 is 0. The number of nitrogens with zero attached hydrogens (tertiary/aromatic N) is 5. The molecule has 0 bridgehead atoms. The van der Waals surface area contributed by atoms with Gasteiger partial charge in [-0.15, -0.1) is 0 Å². The summed E-state index contributed by atoms with van der Waals surface area (Å²) < 4.78 is 10.8. The fourth-order valence-corrected chi connectivity index (χ4v) is 5.57. The minimum atomic E-state index is -0.00341. The van der Waals surface area contributed by atoms with Crippen LogP contribution in [0.4, 0.5) is 6.01 Å². The van der Waals surface area contributed by atoms with Crippen molar-refractivity contribution in [1.29, 1.82) is 0 Å². The van der Waals surface area contributed by atoms with Gasteiger partial charge in [0, 0.05) is 50.9 Å². The normalized spacial score (nSPS) is 23.0. The predicted molar refractivity (Wildman–Crippen MR) is 126 cm³/mol. The zero-order chi connectivity index (χ0) is 22.6. The first kappa shape index (κ1) is 22.2. The molecule has 2 aliphatic heterocycles. The number of hydrogen-bond acceptors (Lipinski definition) is 7. The van der Waals surface area contributed by atoms with E-state index < -0.39 is 0 Å². The van der Waals surface area contributed by atoms with E-state index >= 15 is 0 Å². The van der Waals surface area contributed by atoms with Crippen LogP contribution in [-0.4, -0.2) is 78.3 Å². The summed E-state index contributed by atoms with van der Waals surface area (Å²) in [4.78, 5) is 24.7. The molecule has 178 valence electrons. The molecule has 0 N–H and O–H groups in total. The first-order valence-electron chi connectivity index (χ1n) is 12.5. The molecule has 0 unspecified atom stereocenters. The molecule has 1 atom stereocenters. The van der Waals surface area contributed by atoms with Gasteiger partial charge in [0.1, 0.15) is 5.75 Å². The number of amides is 1. The van der Waals surface area contributed by atoms with Crippen molar-refractivity contribution in [2.24, 2.45) is 5.92 Å².